The van der Waals surface area contributed by atoms with Gasteiger partial charge in [-0.25, -0.2) is 8.42 Å². The Bertz CT molecular complexity index is 255. The zero-order valence-electron chi connectivity index (χ0n) is 8.35. The molecule has 0 rings (SSSR count). The van der Waals surface area contributed by atoms with Crippen LogP contribution >= 0.6 is 0 Å². The Hall–Kier alpha value is -0.310. The van der Waals surface area contributed by atoms with E-state index in [0.29, 0.717) is 0 Å². The van der Waals surface area contributed by atoms with Gasteiger partial charge in [0.05, 0.1) is 5.75 Å². The van der Waals surface area contributed by atoms with E-state index < -0.39 is 9.84 Å². The highest BCUT2D eigenvalue weighted by atomic mass is 32.2. The van der Waals surface area contributed by atoms with Crippen molar-refractivity contribution in [2.24, 2.45) is 5.41 Å². The molecule has 0 saturated carbocycles. The average Bonchev–Trinajstić information content (AvgIpc) is 1.49. The molecule has 0 spiro atoms. The molecule has 2 nitrogen and oxygen atoms in total. The van der Waals surface area contributed by atoms with Crippen LogP contribution in [0.1, 0.15) is 27.2 Å². The van der Waals surface area contributed by atoms with E-state index in [2.05, 4.69) is 27.4 Å². The van der Waals surface area contributed by atoms with E-state index in [9.17, 15) is 8.42 Å². The van der Waals surface area contributed by atoms with E-state index in [4.69, 9.17) is 0 Å². The highest BCUT2D eigenvalue weighted by molar-refractivity contribution is 7.90. The molecule has 12 heavy (non-hydrogen) atoms. The van der Waals surface area contributed by atoms with Crippen molar-refractivity contribution in [1.29, 1.82) is 0 Å². The molecule has 0 bridgehead atoms. The van der Waals surface area contributed by atoms with E-state index in [-0.39, 0.29) is 11.2 Å². The molecule has 0 aliphatic heterocycles. The number of sulfone groups is 1. The largest absolute Gasteiger partial charge is 0.229 e. The maximum absolute atomic E-state index is 10.9. The fraction of sp³-hybridized carbons (Fsp3) is 0.778. The molecule has 0 aromatic rings. The van der Waals surface area contributed by atoms with Gasteiger partial charge in [0.1, 0.15) is 0 Å². The second-order valence-corrected chi connectivity index (χ2v) is 6.70. The van der Waals surface area contributed by atoms with E-state index in [1.807, 2.05) is 0 Å². The maximum Gasteiger partial charge on any atom is 0.151 e. The van der Waals surface area contributed by atoms with Crippen molar-refractivity contribution >= 4 is 9.84 Å². The van der Waals surface area contributed by atoms with Crippen LogP contribution in [0.5, 0.6) is 0 Å². The summed E-state index contributed by atoms with van der Waals surface area (Å²) in [6.45, 7) is 9.96. The van der Waals surface area contributed by atoms with Gasteiger partial charge in [-0.1, -0.05) is 32.9 Å². The van der Waals surface area contributed by atoms with Crippen molar-refractivity contribution in [3.05, 3.63) is 12.2 Å². The van der Waals surface area contributed by atoms with Gasteiger partial charge in [0.15, 0.2) is 9.84 Å². The fourth-order valence-electron chi connectivity index (χ4n) is 1.17. The van der Waals surface area contributed by atoms with Crippen molar-refractivity contribution in [1.82, 2.24) is 0 Å². The summed E-state index contributed by atoms with van der Waals surface area (Å²) < 4.78 is 21.7. The third-order valence-electron chi connectivity index (χ3n) is 1.25. The second kappa shape index (κ2) is 3.60. The normalized spacial score (nSPS) is 13.0. The minimum atomic E-state index is -2.90. The van der Waals surface area contributed by atoms with Crippen molar-refractivity contribution < 1.29 is 8.42 Å². The van der Waals surface area contributed by atoms with Gasteiger partial charge in [0, 0.05) is 6.26 Å². The van der Waals surface area contributed by atoms with Gasteiger partial charge in [0.2, 0.25) is 0 Å². The molecular weight excluding hydrogens is 172 g/mol. The third kappa shape index (κ3) is 7.79. The van der Waals surface area contributed by atoms with Crippen LogP contribution < -0.4 is 0 Å². The molecule has 0 unspecified atom stereocenters. The molecule has 0 fully saturated rings. The molecule has 3 heteroatoms. The lowest BCUT2D eigenvalue weighted by molar-refractivity contribution is 0.410. The quantitative estimate of drug-likeness (QED) is 0.638. The highest BCUT2D eigenvalue weighted by Crippen LogP contribution is 2.23. The average molecular weight is 190 g/mol. The smallest absolute Gasteiger partial charge is 0.151 e. The molecule has 0 atom stereocenters. The summed E-state index contributed by atoms with van der Waals surface area (Å²) in [5, 5.41) is 0. The predicted molar refractivity (Wildman–Crippen MR) is 52.9 cm³/mol. The van der Waals surface area contributed by atoms with Gasteiger partial charge < -0.3 is 0 Å². The van der Waals surface area contributed by atoms with Crippen LogP contribution in [0.25, 0.3) is 0 Å². The second-order valence-electron chi connectivity index (χ2n) is 4.56. The Morgan fingerprint density at radius 2 is 1.75 bits per heavy atom. The van der Waals surface area contributed by atoms with Crippen molar-refractivity contribution in [3.8, 4) is 0 Å². The predicted octanol–water partition coefficient (Wildman–Crippen LogP) is 2.02. The zero-order chi connectivity index (χ0) is 9.99. The molecule has 0 aliphatic carbocycles. The Morgan fingerprint density at radius 3 is 2.00 bits per heavy atom. The lowest BCUT2D eigenvalue weighted by Crippen LogP contribution is -2.12. The van der Waals surface area contributed by atoms with Crippen LogP contribution in [-0.2, 0) is 9.84 Å². The van der Waals surface area contributed by atoms with Gasteiger partial charge in [-0.05, 0) is 11.8 Å². The number of hydrogen-bond acceptors (Lipinski definition) is 2. The molecule has 0 aromatic carbocycles. The molecule has 72 valence electrons. The van der Waals surface area contributed by atoms with Gasteiger partial charge in [0.25, 0.3) is 0 Å². The highest BCUT2D eigenvalue weighted by Gasteiger charge is 2.14. The minimum Gasteiger partial charge on any atom is -0.229 e. The Morgan fingerprint density at radius 1 is 1.33 bits per heavy atom. The molecule has 0 aliphatic rings. The van der Waals surface area contributed by atoms with Crippen LogP contribution in [-0.4, -0.2) is 20.4 Å². The summed E-state index contributed by atoms with van der Waals surface area (Å²) >= 11 is 0. The molecular formula is C9H18O2S. The summed E-state index contributed by atoms with van der Waals surface area (Å²) in [6, 6.07) is 0. The first-order valence-electron chi connectivity index (χ1n) is 3.94. The van der Waals surface area contributed by atoms with Gasteiger partial charge >= 0.3 is 0 Å². The Kier molecular flexibility index (Phi) is 3.51. The van der Waals surface area contributed by atoms with Crippen LogP contribution in [0.3, 0.4) is 0 Å². The first kappa shape index (κ1) is 11.7. The van der Waals surface area contributed by atoms with Crippen LogP contribution in [0.15, 0.2) is 12.2 Å². The lowest BCUT2D eigenvalue weighted by Gasteiger charge is -2.18. The first-order chi connectivity index (χ1) is 5.10. The van der Waals surface area contributed by atoms with Gasteiger partial charge in [-0.2, -0.15) is 0 Å². The van der Waals surface area contributed by atoms with Gasteiger partial charge in [-0.3, -0.25) is 0 Å². The SMILES string of the molecule is C=C(CC(C)(C)C)CS(C)(=O)=O. The number of rotatable bonds is 3. The monoisotopic (exact) mass is 190 g/mol. The lowest BCUT2D eigenvalue weighted by atomic mass is 9.89. The van der Waals surface area contributed by atoms with E-state index in [0.717, 1.165) is 12.0 Å². The van der Waals surface area contributed by atoms with E-state index in [1.165, 1.54) is 6.26 Å². The third-order valence-corrected chi connectivity index (χ3v) is 2.18. The molecule has 0 N–H and O–H groups in total. The molecule has 0 saturated heterocycles. The standard InChI is InChI=1S/C9H18O2S/c1-8(6-9(2,3)4)7-12(5,10)11/h1,6-7H2,2-5H3. The Balaban J connectivity index is 4.10. The van der Waals surface area contributed by atoms with Gasteiger partial charge in [-0.15, -0.1) is 0 Å². The van der Waals surface area contributed by atoms with Crippen molar-refractivity contribution in [2.45, 2.75) is 27.2 Å². The maximum atomic E-state index is 10.9. The fourth-order valence-corrected chi connectivity index (χ4v) is 2.02. The summed E-state index contributed by atoms with van der Waals surface area (Å²) in [7, 11) is -2.90. The summed E-state index contributed by atoms with van der Waals surface area (Å²) in [5.41, 5.74) is 0.923. The topological polar surface area (TPSA) is 34.1 Å². The van der Waals surface area contributed by atoms with Crippen LogP contribution in [0, 0.1) is 5.41 Å². The summed E-state index contributed by atoms with van der Waals surface area (Å²) in [4.78, 5) is 0. The van der Waals surface area contributed by atoms with E-state index in [1.54, 1.807) is 0 Å². The molecule has 0 radical (unpaired) electrons. The first-order valence-corrected chi connectivity index (χ1v) is 6.00. The van der Waals surface area contributed by atoms with Crippen LogP contribution in [0.4, 0.5) is 0 Å². The van der Waals surface area contributed by atoms with Crippen molar-refractivity contribution in [2.75, 3.05) is 12.0 Å². The van der Waals surface area contributed by atoms with Crippen molar-refractivity contribution in [3.63, 3.8) is 0 Å². The summed E-state index contributed by atoms with van der Waals surface area (Å²) in [6.07, 6.45) is 2.00. The molecule has 0 heterocycles. The van der Waals surface area contributed by atoms with Crippen LogP contribution in [0.2, 0.25) is 0 Å². The Labute approximate surface area is 75.6 Å². The zero-order valence-corrected chi connectivity index (χ0v) is 9.16. The van der Waals surface area contributed by atoms with E-state index >= 15 is 0 Å². The number of hydrogen-bond donors (Lipinski definition) is 0. The molecule has 0 amide bonds. The molecule has 0 aromatic heterocycles. The summed E-state index contributed by atoms with van der Waals surface area (Å²) in [5.74, 6) is 0.115. The minimum absolute atomic E-state index is 0.115.